The van der Waals surface area contributed by atoms with Crippen molar-refractivity contribution >= 4 is 17.8 Å². The number of nitrogens with zero attached hydrogens (tertiary/aromatic N) is 4. The predicted molar refractivity (Wildman–Crippen MR) is 114 cm³/mol. The fraction of sp³-hybridized carbons (Fsp3) is 0.565. The van der Waals surface area contributed by atoms with E-state index in [1.165, 1.54) is 12.8 Å². The molecule has 2 aliphatic heterocycles. The summed E-state index contributed by atoms with van der Waals surface area (Å²) >= 11 is 0. The number of aryl methyl sites for hydroxylation is 1. The largest absolute Gasteiger partial charge is 0.459 e. The Kier molecular flexibility index (Phi) is 5.16. The monoisotopic (exact) mass is 423 g/mol. The Morgan fingerprint density at radius 2 is 2.06 bits per heavy atom. The van der Waals surface area contributed by atoms with Gasteiger partial charge in [-0.2, -0.15) is 0 Å². The third kappa shape index (κ3) is 3.79. The Balaban J connectivity index is 1.41. The van der Waals surface area contributed by atoms with Crippen molar-refractivity contribution in [3.63, 3.8) is 0 Å². The highest BCUT2D eigenvalue weighted by Crippen LogP contribution is 2.44. The standard InChI is InChI=1S/C23H29N5O3/c1-16-6-11-31-19(16)20(29)27-10-2-7-23(21(30)26-12-17-4-5-17)15-28(14-18(23)13-27)22-24-8-3-9-25-22/h3,6,8-9,11,17-18H,2,4-5,7,10,12-15H2,1H3,(H,26,30)/t18-,23-/m0/s1. The average Bonchev–Trinajstić information content (AvgIpc) is 3.46. The van der Waals surface area contributed by atoms with Crippen molar-refractivity contribution in [1.29, 1.82) is 0 Å². The maximum absolute atomic E-state index is 13.5. The van der Waals surface area contributed by atoms with Crippen LogP contribution in [0.2, 0.25) is 0 Å². The number of furan rings is 1. The number of hydrogen-bond acceptors (Lipinski definition) is 6. The molecule has 3 fully saturated rings. The number of carbonyl (C=O) groups is 2. The molecular weight excluding hydrogens is 394 g/mol. The molecule has 3 aliphatic rings. The molecule has 1 saturated carbocycles. The summed E-state index contributed by atoms with van der Waals surface area (Å²) in [5.41, 5.74) is 0.301. The Labute approximate surface area is 182 Å². The van der Waals surface area contributed by atoms with Crippen molar-refractivity contribution < 1.29 is 14.0 Å². The minimum Gasteiger partial charge on any atom is -0.459 e. The van der Waals surface area contributed by atoms with Crippen LogP contribution in [0.4, 0.5) is 5.95 Å². The Morgan fingerprint density at radius 3 is 2.77 bits per heavy atom. The van der Waals surface area contributed by atoms with Crippen LogP contribution < -0.4 is 10.2 Å². The van der Waals surface area contributed by atoms with Crippen LogP contribution in [0.25, 0.3) is 0 Å². The fourth-order valence-electron chi connectivity index (χ4n) is 5.07. The Hall–Kier alpha value is -2.90. The van der Waals surface area contributed by atoms with E-state index in [1.807, 2.05) is 17.9 Å². The van der Waals surface area contributed by atoms with Crippen molar-refractivity contribution in [2.24, 2.45) is 17.3 Å². The van der Waals surface area contributed by atoms with Gasteiger partial charge in [0.25, 0.3) is 5.91 Å². The normalized spacial score (nSPS) is 25.8. The highest BCUT2D eigenvalue weighted by Gasteiger charge is 2.54. The number of fused-ring (bicyclic) bond motifs is 1. The number of hydrogen-bond donors (Lipinski definition) is 1. The molecule has 1 aliphatic carbocycles. The maximum Gasteiger partial charge on any atom is 0.289 e. The zero-order valence-electron chi connectivity index (χ0n) is 17.9. The quantitative estimate of drug-likeness (QED) is 0.793. The first-order valence-electron chi connectivity index (χ1n) is 11.2. The van der Waals surface area contributed by atoms with Gasteiger partial charge in [-0.05, 0) is 50.7 Å². The van der Waals surface area contributed by atoms with Gasteiger partial charge in [0, 0.05) is 56.6 Å². The first kappa shape index (κ1) is 20.0. The molecule has 2 saturated heterocycles. The van der Waals surface area contributed by atoms with E-state index in [9.17, 15) is 9.59 Å². The summed E-state index contributed by atoms with van der Waals surface area (Å²) in [7, 11) is 0. The van der Waals surface area contributed by atoms with Gasteiger partial charge in [0.15, 0.2) is 5.76 Å². The molecule has 0 spiro atoms. The van der Waals surface area contributed by atoms with Crippen LogP contribution in [0, 0.1) is 24.2 Å². The van der Waals surface area contributed by atoms with Gasteiger partial charge in [-0.3, -0.25) is 9.59 Å². The van der Waals surface area contributed by atoms with Gasteiger partial charge in [-0.15, -0.1) is 0 Å². The number of likely N-dealkylation sites (tertiary alicyclic amines) is 1. The molecular formula is C23H29N5O3. The lowest BCUT2D eigenvalue weighted by Gasteiger charge is -2.32. The molecule has 8 heteroatoms. The zero-order valence-corrected chi connectivity index (χ0v) is 17.9. The summed E-state index contributed by atoms with van der Waals surface area (Å²) in [5, 5.41) is 3.23. The third-order valence-corrected chi connectivity index (χ3v) is 7.07. The van der Waals surface area contributed by atoms with Crippen molar-refractivity contribution in [2.45, 2.75) is 32.6 Å². The van der Waals surface area contributed by atoms with Crippen LogP contribution in [0.1, 0.15) is 41.8 Å². The number of nitrogens with one attached hydrogen (secondary N) is 1. The summed E-state index contributed by atoms with van der Waals surface area (Å²) in [5.74, 6) is 1.70. The van der Waals surface area contributed by atoms with Crippen LogP contribution in [0.3, 0.4) is 0 Å². The van der Waals surface area contributed by atoms with Crippen molar-refractivity contribution in [1.82, 2.24) is 20.2 Å². The van der Waals surface area contributed by atoms with Gasteiger partial charge in [-0.25, -0.2) is 9.97 Å². The second-order valence-corrected chi connectivity index (χ2v) is 9.22. The lowest BCUT2D eigenvalue weighted by atomic mass is 9.74. The first-order chi connectivity index (χ1) is 15.1. The Bertz CT molecular complexity index is 957. The van der Waals surface area contributed by atoms with Gasteiger partial charge in [0.1, 0.15) is 0 Å². The molecule has 8 nitrogen and oxygen atoms in total. The summed E-state index contributed by atoms with van der Waals surface area (Å²) < 4.78 is 5.47. The predicted octanol–water partition coefficient (Wildman–Crippen LogP) is 2.26. The molecule has 2 amide bonds. The van der Waals surface area contributed by atoms with Gasteiger partial charge in [0.05, 0.1) is 11.7 Å². The SMILES string of the molecule is Cc1ccoc1C(=O)N1CCC[C@]2(C(=O)NCC3CC3)CN(c3ncccn3)C[C@@H]2C1. The highest BCUT2D eigenvalue weighted by molar-refractivity contribution is 5.93. The molecule has 31 heavy (non-hydrogen) atoms. The summed E-state index contributed by atoms with van der Waals surface area (Å²) in [6, 6.07) is 3.60. The van der Waals surface area contributed by atoms with E-state index in [-0.39, 0.29) is 17.7 Å². The van der Waals surface area contributed by atoms with E-state index in [0.29, 0.717) is 43.8 Å². The van der Waals surface area contributed by atoms with Crippen LogP contribution in [0.15, 0.2) is 35.2 Å². The maximum atomic E-state index is 13.5. The molecule has 1 N–H and O–H groups in total. The lowest BCUT2D eigenvalue weighted by Crippen LogP contribution is -2.48. The fourth-order valence-corrected chi connectivity index (χ4v) is 5.07. The van der Waals surface area contributed by atoms with E-state index in [0.717, 1.165) is 24.9 Å². The van der Waals surface area contributed by atoms with Crippen LogP contribution >= 0.6 is 0 Å². The summed E-state index contributed by atoms with van der Waals surface area (Å²) in [4.78, 5) is 39.5. The van der Waals surface area contributed by atoms with Crippen LogP contribution in [-0.4, -0.2) is 59.4 Å². The number of amides is 2. The minimum absolute atomic E-state index is 0.0113. The molecule has 2 atom stereocenters. The van der Waals surface area contributed by atoms with Gasteiger partial charge in [0.2, 0.25) is 11.9 Å². The molecule has 2 aromatic heterocycles. The molecule has 0 aromatic carbocycles. The number of carbonyl (C=O) groups excluding carboxylic acids is 2. The number of aromatic nitrogens is 2. The van der Waals surface area contributed by atoms with Crippen molar-refractivity contribution in [3.05, 3.63) is 42.1 Å². The van der Waals surface area contributed by atoms with Crippen molar-refractivity contribution in [2.75, 3.05) is 37.6 Å². The molecule has 0 radical (unpaired) electrons. The zero-order chi connectivity index (χ0) is 21.4. The second kappa shape index (κ2) is 7.98. The number of rotatable bonds is 5. The van der Waals surface area contributed by atoms with Crippen molar-refractivity contribution in [3.8, 4) is 0 Å². The molecule has 164 valence electrons. The van der Waals surface area contributed by atoms with E-state index in [4.69, 9.17) is 4.42 Å². The first-order valence-corrected chi connectivity index (χ1v) is 11.2. The lowest BCUT2D eigenvalue weighted by molar-refractivity contribution is -0.132. The van der Waals surface area contributed by atoms with E-state index >= 15 is 0 Å². The van der Waals surface area contributed by atoms with Crippen LogP contribution in [-0.2, 0) is 4.79 Å². The van der Waals surface area contributed by atoms with E-state index in [2.05, 4.69) is 20.2 Å². The van der Waals surface area contributed by atoms with E-state index in [1.54, 1.807) is 24.7 Å². The summed E-state index contributed by atoms with van der Waals surface area (Å²) in [6.45, 7) is 5.04. The second-order valence-electron chi connectivity index (χ2n) is 9.22. The topological polar surface area (TPSA) is 91.6 Å². The van der Waals surface area contributed by atoms with E-state index < -0.39 is 5.41 Å². The minimum atomic E-state index is -0.540. The molecule has 0 unspecified atom stereocenters. The molecule has 0 bridgehead atoms. The van der Waals surface area contributed by atoms with Gasteiger partial charge >= 0.3 is 0 Å². The number of anilines is 1. The van der Waals surface area contributed by atoms with Gasteiger partial charge < -0.3 is 19.5 Å². The molecule has 2 aromatic rings. The molecule has 4 heterocycles. The summed E-state index contributed by atoms with van der Waals surface area (Å²) in [6.07, 6.45) is 8.94. The average molecular weight is 424 g/mol. The third-order valence-electron chi connectivity index (χ3n) is 7.07. The highest BCUT2D eigenvalue weighted by atomic mass is 16.3. The Morgan fingerprint density at radius 1 is 1.26 bits per heavy atom. The molecule has 5 rings (SSSR count). The smallest absolute Gasteiger partial charge is 0.289 e. The van der Waals surface area contributed by atoms with Gasteiger partial charge in [-0.1, -0.05) is 0 Å². The van der Waals surface area contributed by atoms with Crippen LogP contribution in [0.5, 0.6) is 0 Å².